The van der Waals surface area contributed by atoms with Crippen molar-refractivity contribution in [1.82, 2.24) is 9.97 Å². The van der Waals surface area contributed by atoms with E-state index in [2.05, 4.69) is 40.8 Å². The lowest BCUT2D eigenvalue weighted by Gasteiger charge is -2.33. The second-order valence-electron chi connectivity index (χ2n) is 8.20. The Bertz CT molecular complexity index is 1020. The first-order valence-electron chi connectivity index (χ1n) is 10.4. The van der Waals surface area contributed by atoms with Gasteiger partial charge in [-0.1, -0.05) is 32.0 Å². The highest BCUT2D eigenvalue weighted by molar-refractivity contribution is 6.06. The zero-order chi connectivity index (χ0) is 21.1. The SMILES string of the molecule is CC(C)CN(C(=O)c1ccccc1F)c1ccc2c(c1)N(Cc1cnc[nH]1)CCC2. The molecule has 30 heavy (non-hydrogen) atoms. The van der Waals surface area contributed by atoms with Gasteiger partial charge in [-0.25, -0.2) is 9.37 Å². The molecule has 0 bridgehead atoms. The quantitative estimate of drug-likeness (QED) is 0.639. The number of aromatic amines is 1. The molecule has 1 N–H and O–H groups in total. The van der Waals surface area contributed by atoms with Crippen molar-refractivity contribution in [2.24, 2.45) is 5.92 Å². The van der Waals surface area contributed by atoms with Gasteiger partial charge >= 0.3 is 0 Å². The van der Waals surface area contributed by atoms with E-state index in [1.165, 1.54) is 11.6 Å². The lowest BCUT2D eigenvalue weighted by atomic mass is 10.00. The first-order valence-corrected chi connectivity index (χ1v) is 10.4. The van der Waals surface area contributed by atoms with E-state index in [9.17, 15) is 9.18 Å². The van der Waals surface area contributed by atoms with Crippen molar-refractivity contribution < 1.29 is 9.18 Å². The number of nitrogens with zero attached hydrogens (tertiary/aromatic N) is 3. The number of rotatable bonds is 6. The molecule has 0 aliphatic carbocycles. The molecule has 5 nitrogen and oxygen atoms in total. The summed E-state index contributed by atoms with van der Waals surface area (Å²) in [6.07, 6.45) is 5.63. The molecule has 0 fully saturated rings. The first kappa shape index (κ1) is 20.1. The molecular weight excluding hydrogens is 379 g/mol. The summed E-state index contributed by atoms with van der Waals surface area (Å²) in [5.74, 6) is -0.550. The molecular formula is C24H27FN4O. The highest BCUT2D eigenvalue weighted by Crippen LogP contribution is 2.33. The van der Waals surface area contributed by atoms with Gasteiger partial charge in [0.15, 0.2) is 0 Å². The Morgan fingerprint density at radius 3 is 2.83 bits per heavy atom. The van der Waals surface area contributed by atoms with Gasteiger partial charge in [-0.3, -0.25) is 4.79 Å². The molecule has 0 saturated heterocycles. The topological polar surface area (TPSA) is 52.2 Å². The maximum Gasteiger partial charge on any atom is 0.261 e. The van der Waals surface area contributed by atoms with Gasteiger partial charge in [-0.05, 0) is 48.6 Å². The van der Waals surface area contributed by atoms with Crippen LogP contribution in [0, 0.1) is 11.7 Å². The van der Waals surface area contributed by atoms with E-state index in [-0.39, 0.29) is 17.4 Å². The van der Waals surface area contributed by atoms with Crippen molar-refractivity contribution >= 4 is 17.3 Å². The molecule has 0 saturated carbocycles. The van der Waals surface area contributed by atoms with Crippen molar-refractivity contribution in [3.05, 3.63) is 77.6 Å². The Morgan fingerprint density at radius 2 is 2.10 bits per heavy atom. The van der Waals surface area contributed by atoms with E-state index >= 15 is 0 Å². The zero-order valence-electron chi connectivity index (χ0n) is 17.4. The number of halogens is 1. The molecule has 1 aromatic heterocycles. The summed E-state index contributed by atoms with van der Waals surface area (Å²) in [5.41, 5.74) is 4.35. The number of amides is 1. The van der Waals surface area contributed by atoms with Crippen LogP contribution < -0.4 is 9.80 Å². The number of imidazole rings is 1. The molecule has 0 unspecified atom stereocenters. The molecule has 1 aliphatic rings. The Morgan fingerprint density at radius 1 is 1.27 bits per heavy atom. The van der Waals surface area contributed by atoms with Crippen LogP contribution in [-0.4, -0.2) is 29.0 Å². The fourth-order valence-corrected chi connectivity index (χ4v) is 4.00. The molecule has 0 spiro atoms. The summed E-state index contributed by atoms with van der Waals surface area (Å²) in [7, 11) is 0. The minimum Gasteiger partial charge on any atom is -0.365 e. The van der Waals surface area contributed by atoms with Gasteiger partial charge in [0.05, 0.1) is 24.1 Å². The molecule has 2 aromatic carbocycles. The van der Waals surface area contributed by atoms with Crippen molar-refractivity contribution in [2.45, 2.75) is 33.2 Å². The van der Waals surface area contributed by atoms with Crippen LogP contribution in [0.5, 0.6) is 0 Å². The lowest BCUT2D eigenvalue weighted by Crippen LogP contribution is -2.35. The lowest BCUT2D eigenvalue weighted by molar-refractivity contribution is 0.0980. The van der Waals surface area contributed by atoms with Crippen molar-refractivity contribution in [3.63, 3.8) is 0 Å². The molecule has 2 heterocycles. The van der Waals surface area contributed by atoms with Crippen LogP contribution in [0.25, 0.3) is 0 Å². The summed E-state index contributed by atoms with van der Waals surface area (Å²) < 4.78 is 14.3. The highest BCUT2D eigenvalue weighted by atomic mass is 19.1. The van der Waals surface area contributed by atoms with Crippen LogP contribution in [0.1, 0.15) is 41.9 Å². The van der Waals surface area contributed by atoms with Crippen LogP contribution in [0.2, 0.25) is 0 Å². The van der Waals surface area contributed by atoms with E-state index in [0.717, 1.165) is 43.0 Å². The predicted octanol–water partition coefficient (Wildman–Crippen LogP) is 4.80. The third-order valence-electron chi connectivity index (χ3n) is 5.41. The van der Waals surface area contributed by atoms with Crippen molar-refractivity contribution in [3.8, 4) is 0 Å². The summed E-state index contributed by atoms with van der Waals surface area (Å²) >= 11 is 0. The molecule has 156 valence electrons. The predicted molar refractivity (Wildman–Crippen MR) is 117 cm³/mol. The van der Waals surface area contributed by atoms with Crippen LogP contribution in [0.15, 0.2) is 55.0 Å². The number of carbonyl (C=O) groups is 1. The molecule has 4 rings (SSSR count). The summed E-state index contributed by atoms with van der Waals surface area (Å²) in [6.45, 7) is 6.32. The van der Waals surface area contributed by atoms with E-state index in [1.807, 2.05) is 12.3 Å². The van der Waals surface area contributed by atoms with Gasteiger partial charge in [-0.2, -0.15) is 0 Å². The highest BCUT2D eigenvalue weighted by Gasteiger charge is 2.24. The second kappa shape index (κ2) is 8.69. The van der Waals surface area contributed by atoms with E-state index < -0.39 is 5.82 Å². The van der Waals surface area contributed by atoms with Gasteiger partial charge in [0.25, 0.3) is 5.91 Å². The Hall–Kier alpha value is -3.15. The fourth-order valence-electron chi connectivity index (χ4n) is 4.00. The van der Waals surface area contributed by atoms with Gasteiger partial charge < -0.3 is 14.8 Å². The number of nitrogens with one attached hydrogen (secondary N) is 1. The van der Waals surface area contributed by atoms with E-state index in [4.69, 9.17) is 0 Å². The summed E-state index contributed by atoms with van der Waals surface area (Å²) in [5, 5.41) is 0. The standard InChI is InChI=1S/C24H27FN4O/c1-17(2)14-29(24(30)21-7-3-4-8-22(21)25)20-10-9-18-6-5-11-28(23(18)12-20)15-19-13-26-16-27-19/h3-4,7-10,12-13,16-17H,5-6,11,14-15H2,1-2H3,(H,26,27). The minimum atomic E-state index is -0.491. The monoisotopic (exact) mass is 406 g/mol. The Labute approximate surface area is 176 Å². The number of aryl methyl sites for hydroxylation is 1. The maximum atomic E-state index is 14.3. The minimum absolute atomic E-state index is 0.102. The number of carbonyl (C=O) groups excluding carboxylic acids is 1. The van der Waals surface area contributed by atoms with E-state index in [0.29, 0.717) is 6.54 Å². The number of hydrogen-bond donors (Lipinski definition) is 1. The van der Waals surface area contributed by atoms with Gasteiger partial charge in [-0.15, -0.1) is 0 Å². The second-order valence-corrected chi connectivity index (χ2v) is 8.20. The number of fused-ring (bicyclic) bond motifs is 1. The normalized spacial score (nSPS) is 13.4. The molecule has 0 radical (unpaired) electrons. The van der Waals surface area contributed by atoms with Gasteiger partial charge in [0.1, 0.15) is 5.82 Å². The van der Waals surface area contributed by atoms with Gasteiger partial charge in [0.2, 0.25) is 0 Å². The average molecular weight is 407 g/mol. The van der Waals surface area contributed by atoms with Crippen molar-refractivity contribution in [2.75, 3.05) is 22.9 Å². The third kappa shape index (κ3) is 4.22. The maximum absolute atomic E-state index is 14.3. The molecule has 1 amide bonds. The van der Waals surface area contributed by atoms with Crippen LogP contribution in [0.3, 0.4) is 0 Å². The number of benzene rings is 2. The number of aromatic nitrogens is 2. The van der Waals surface area contributed by atoms with Crippen LogP contribution in [0.4, 0.5) is 15.8 Å². The van der Waals surface area contributed by atoms with Crippen molar-refractivity contribution in [1.29, 1.82) is 0 Å². The molecule has 1 aliphatic heterocycles. The Kier molecular flexibility index (Phi) is 5.84. The summed E-state index contributed by atoms with van der Waals surface area (Å²) in [6, 6.07) is 12.3. The fraction of sp³-hybridized carbons (Fsp3) is 0.333. The molecule has 3 aromatic rings. The smallest absolute Gasteiger partial charge is 0.261 e. The average Bonchev–Trinajstić information content (AvgIpc) is 3.25. The molecule has 6 heteroatoms. The number of anilines is 2. The van der Waals surface area contributed by atoms with E-state index in [1.54, 1.807) is 29.4 Å². The summed E-state index contributed by atoms with van der Waals surface area (Å²) in [4.78, 5) is 24.6. The number of H-pyrrole nitrogens is 1. The van der Waals surface area contributed by atoms with Crippen LogP contribution in [-0.2, 0) is 13.0 Å². The number of hydrogen-bond acceptors (Lipinski definition) is 3. The largest absolute Gasteiger partial charge is 0.365 e. The van der Waals surface area contributed by atoms with Gasteiger partial charge in [0, 0.05) is 30.7 Å². The zero-order valence-corrected chi connectivity index (χ0v) is 17.4. The van der Waals surface area contributed by atoms with Crippen LogP contribution >= 0.6 is 0 Å². The first-order chi connectivity index (χ1) is 14.5. The molecule has 0 atom stereocenters. The Balaban J connectivity index is 1.69. The third-order valence-corrected chi connectivity index (χ3v) is 5.41.